The van der Waals surface area contributed by atoms with Crippen LogP contribution in [-0.4, -0.2) is 71.1 Å². The lowest BCUT2D eigenvalue weighted by Gasteiger charge is -2.42. The van der Waals surface area contributed by atoms with E-state index in [4.69, 9.17) is 9.47 Å². The number of carbonyl (C=O) groups is 2. The van der Waals surface area contributed by atoms with E-state index in [-0.39, 0.29) is 41.7 Å². The Kier molecular flexibility index (Phi) is 5.68. The molecule has 0 spiro atoms. The van der Waals surface area contributed by atoms with Crippen molar-refractivity contribution in [3.63, 3.8) is 0 Å². The zero-order valence-corrected chi connectivity index (χ0v) is 17.8. The fraction of sp³-hybridized carbons (Fsp3) is 0.909. The average Bonchev–Trinajstić information content (AvgIpc) is 3.06. The smallest absolute Gasteiger partial charge is 0.311 e. The fourth-order valence-electron chi connectivity index (χ4n) is 6.86. The topological polar surface area (TPSA) is 96.3 Å². The highest BCUT2D eigenvalue weighted by molar-refractivity contribution is 5.76. The van der Waals surface area contributed by atoms with Crippen molar-refractivity contribution in [1.29, 1.82) is 0 Å². The van der Waals surface area contributed by atoms with Crippen molar-refractivity contribution >= 4 is 11.9 Å². The summed E-state index contributed by atoms with van der Waals surface area (Å²) >= 11 is 0. The van der Waals surface area contributed by atoms with Crippen LogP contribution in [0.4, 0.5) is 0 Å². The van der Waals surface area contributed by atoms with Gasteiger partial charge in [-0.15, -0.1) is 0 Å². The Morgan fingerprint density at radius 3 is 2.59 bits per heavy atom. The molecule has 9 atom stereocenters. The molecule has 2 N–H and O–H groups in total. The molecule has 4 fully saturated rings. The van der Waals surface area contributed by atoms with Gasteiger partial charge in [-0.05, 0) is 38.3 Å². The highest BCUT2D eigenvalue weighted by atomic mass is 16.6. The number of rotatable bonds is 3. The van der Waals surface area contributed by atoms with Gasteiger partial charge in [-0.1, -0.05) is 20.3 Å². The van der Waals surface area contributed by atoms with E-state index in [1.54, 1.807) is 0 Å². The number of nitrogens with zero attached hydrogens (tertiary/aromatic N) is 1. The van der Waals surface area contributed by atoms with Crippen LogP contribution in [0, 0.1) is 29.1 Å². The quantitative estimate of drug-likeness (QED) is 0.679. The van der Waals surface area contributed by atoms with Crippen LogP contribution < -0.4 is 0 Å². The van der Waals surface area contributed by atoms with E-state index in [0.717, 1.165) is 25.9 Å². The number of aliphatic hydroxyl groups excluding tert-OH is 2. The summed E-state index contributed by atoms with van der Waals surface area (Å²) < 4.78 is 11.3. The minimum absolute atomic E-state index is 0.0488. The van der Waals surface area contributed by atoms with Crippen molar-refractivity contribution in [2.45, 2.75) is 77.3 Å². The molecule has 2 saturated carbocycles. The number of carbonyl (C=O) groups excluding carboxylic acids is 2. The van der Waals surface area contributed by atoms with E-state index < -0.39 is 23.7 Å². The predicted octanol–water partition coefficient (Wildman–Crippen LogP) is 1.35. The highest BCUT2D eigenvalue weighted by Gasteiger charge is 2.65. The van der Waals surface area contributed by atoms with Crippen LogP contribution in [0.25, 0.3) is 0 Å². The molecule has 0 radical (unpaired) electrons. The van der Waals surface area contributed by atoms with E-state index in [9.17, 15) is 19.8 Å². The molecule has 0 aromatic heterocycles. The molecule has 4 aliphatic rings. The van der Waals surface area contributed by atoms with Crippen molar-refractivity contribution < 1.29 is 29.3 Å². The molecule has 2 aliphatic carbocycles. The molecule has 164 valence electrons. The Morgan fingerprint density at radius 2 is 1.93 bits per heavy atom. The minimum Gasteiger partial charge on any atom is -0.462 e. The van der Waals surface area contributed by atoms with Gasteiger partial charge in [-0.3, -0.25) is 9.59 Å². The summed E-state index contributed by atoms with van der Waals surface area (Å²) in [6, 6.07) is 0. The molecule has 2 saturated heterocycles. The van der Waals surface area contributed by atoms with E-state index in [1.807, 2.05) is 6.92 Å². The van der Waals surface area contributed by atoms with Gasteiger partial charge in [-0.2, -0.15) is 0 Å². The number of aliphatic hydroxyl groups is 2. The maximum absolute atomic E-state index is 12.8. The third-order valence-corrected chi connectivity index (χ3v) is 8.20. The fourth-order valence-corrected chi connectivity index (χ4v) is 6.86. The summed E-state index contributed by atoms with van der Waals surface area (Å²) in [7, 11) is 0. The number of piperidine rings is 1. The van der Waals surface area contributed by atoms with Gasteiger partial charge in [-0.25, -0.2) is 0 Å². The van der Waals surface area contributed by atoms with Crippen molar-refractivity contribution in [2.75, 3.05) is 19.6 Å². The Balaban J connectivity index is 1.63. The lowest BCUT2D eigenvalue weighted by molar-refractivity contribution is -0.152. The summed E-state index contributed by atoms with van der Waals surface area (Å²) in [6.45, 7) is 7.89. The lowest BCUT2D eigenvalue weighted by Crippen LogP contribution is -2.51. The lowest BCUT2D eigenvalue weighted by atomic mass is 9.66. The number of fused-ring (bicyclic) bond motifs is 2. The van der Waals surface area contributed by atoms with Crippen LogP contribution in [0.2, 0.25) is 0 Å². The second-order valence-electron chi connectivity index (χ2n) is 9.97. The van der Waals surface area contributed by atoms with Crippen LogP contribution in [0.15, 0.2) is 0 Å². The normalized spacial score (nSPS) is 47.8. The van der Waals surface area contributed by atoms with Gasteiger partial charge in [0.25, 0.3) is 0 Å². The maximum atomic E-state index is 12.8. The first-order valence-corrected chi connectivity index (χ1v) is 11.2. The van der Waals surface area contributed by atoms with Crippen LogP contribution in [0.5, 0.6) is 0 Å². The summed E-state index contributed by atoms with van der Waals surface area (Å²) in [5.41, 5.74) is -0.840. The molecular weight excluding hydrogens is 374 g/mol. The number of esters is 2. The Hall–Kier alpha value is -1.18. The number of hydrogen-bond acceptors (Lipinski definition) is 7. The number of ether oxygens (including phenoxy) is 2. The molecule has 7 heteroatoms. The SMILES string of the molecule is CC(=O)OC1CC(O)C2(C)C(O)C3C(CC(C)C12)OC(=O)C3CN1CCCCC1. The molecule has 0 aromatic rings. The van der Waals surface area contributed by atoms with Crippen LogP contribution in [0.1, 0.15) is 52.9 Å². The van der Waals surface area contributed by atoms with Crippen molar-refractivity contribution in [2.24, 2.45) is 29.1 Å². The minimum atomic E-state index is -0.890. The standard InChI is InChI=1S/C22H35NO6/c1-12-9-15-18(14(21(27)29-15)11-23-7-5-4-6-8-23)20(26)22(3)17(25)10-16(19(12)22)28-13(2)24/h12,14-20,25-26H,4-11H2,1-3H3. The first-order valence-electron chi connectivity index (χ1n) is 11.2. The Labute approximate surface area is 172 Å². The monoisotopic (exact) mass is 409 g/mol. The molecule has 0 aromatic carbocycles. The van der Waals surface area contributed by atoms with Gasteiger partial charge < -0.3 is 24.6 Å². The van der Waals surface area contributed by atoms with Crippen LogP contribution in [-0.2, 0) is 19.1 Å². The summed E-state index contributed by atoms with van der Waals surface area (Å²) in [6.07, 6.45) is 1.98. The molecule has 2 aliphatic heterocycles. The molecule has 9 unspecified atom stereocenters. The Bertz CT molecular complexity index is 649. The zero-order valence-electron chi connectivity index (χ0n) is 17.8. The number of likely N-dealkylation sites (tertiary alicyclic amines) is 1. The van der Waals surface area contributed by atoms with Crippen molar-refractivity contribution in [3.05, 3.63) is 0 Å². The molecule has 0 amide bonds. The molecular formula is C22H35NO6. The van der Waals surface area contributed by atoms with Crippen LogP contribution in [0.3, 0.4) is 0 Å². The average molecular weight is 410 g/mol. The summed E-state index contributed by atoms with van der Waals surface area (Å²) in [5, 5.41) is 22.6. The Morgan fingerprint density at radius 1 is 1.24 bits per heavy atom. The van der Waals surface area contributed by atoms with E-state index >= 15 is 0 Å². The van der Waals surface area contributed by atoms with Gasteiger partial charge in [0.05, 0.1) is 18.1 Å². The molecule has 29 heavy (non-hydrogen) atoms. The first kappa shape index (κ1) is 21.1. The van der Waals surface area contributed by atoms with Crippen molar-refractivity contribution in [1.82, 2.24) is 4.90 Å². The third-order valence-electron chi connectivity index (χ3n) is 8.20. The van der Waals surface area contributed by atoms with E-state index in [0.29, 0.717) is 19.4 Å². The maximum Gasteiger partial charge on any atom is 0.311 e. The van der Waals surface area contributed by atoms with Crippen molar-refractivity contribution in [3.8, 4) is 0 Å². The number of hydrogen-bond donors (Lipinski definition) is 2. The summed E-state index contributed by atoms with van der Waals surface area (Å²) in [4.78, 5) is 26.7. The van der Waals surface area contributed by atoms with Gasteiger partial charge in [0.1, 0.15) is 12.2 Å². The van der Waals surface area contributed by atoms with E-state index in [1.165, 1.54) is 13.3 Å². The second-order valence-corrected chi connectivity index (χ2v) is 9.97. The zero-order chi connectivity index (χ0) is 20.9. The van der Waals surface area contributed by atoms with E-state index in [2.05, 4.69) is 11.8 Å². The second kappa shape index (κ2) is 7.82. The molecule has 4 rings (SSSR count). The van der Waals surface area contributed by atoms with Crippen LogP contribution >= 0.6 is 0 Å². The van der Waals surface area contributed by atoms with Gasteiger partial charge in [0, 0.05) is 37.1 Å². The summed E-state index contributed by atoms with van der Waals surface area (Å²) in [5.74, 6) is -1.43. The van der Waals surface area contributed by atoms with Gasteiger partial charge >= 0.3 is 11.9 Å². The first-order chi connectivity index (χ1) is 13.7. The van der Waals surface area contributed by atoms with Gasteiger partial charge in [0.15, 0.2) is 0 Å². The largest absolute Gasteiger partial charge is 0.462 e. The molecule has 0 bridgehead atoms. The predicted molar refractivity (Wildman–Crippen MR) is 105 cm³/mol. The molecule has 7 nitrogen and oxygen atoms in total. The molecule has 2 heterocycles. The van der Waals surface area contributed by atoms with Gasteiger partial charge in [0.2, 0.25) is 0 Å². The highest BCUT2D eigenvalue weighted by Crippen LogP contribution is 2.58. The third kappa shape index (κ3) is 3.49.